The molecule has 0 N–H and O–H groups in total. The van der Waals surface area contributed by atoms with Gasteiger partial charge in [0.15, 0.2) is 17.5 Å². The van der Waals surface area contributed by atoms with Crippen molar-refractivity contribution >= 4 is 49.8 Å². The molecule has 5 nitrogen and oxygen atoms in total. The Bertz CT molecular complexity index is 2880. The van der Waals surface area contributed by atoms with Gasteiger partial charge in [-0.1, -0.05) is 140 Å². The second-order valence-corrected chi connectivity index (χ2v) is 13.2. The van der Waals surface area contributed by atoms with Gasteiger partial charge in [-0.3, -0.25) is 0 Å². The van der Waals surface area contributed by atoms with Crippen molar-refractivity contribution in [2.45, 2.75) is 0 Å². The first-order chi connectivity index (χ1) is 26.8. The molecular formula is C49H32N4O. The summed E-state index contributed by atoms with van der Waals surface area (Å²) in [7, 11) is 0. The van der Waals surface area contributed by atoms with Crippen LogP contribution in [-0.2, 0) is 0 Å². The molecule has 54 heavy (non-hydrogen) atoms. The molecule has 0 aliphatic carbocycles. The minimum atomic E-state index is 0.584. The minimum absolute atomic E-state index is 0.584. The number of benzene rings is 8. The van der Waals surface area contributed by atoms with Gasteiger partial charge in [0.1, 0.15) is 11.2 Å². The maximum absolute atomic E-state index is 6.56. The molecule has 10 rings (SSSR count). The standard InChI is InChI=1S/C49H32N4O/c1-4-16-35(17-5-1)47-50-48(41-25-14-18-34-15-10-11-23-40(34)41)52-49(51-47)43-31-36(32-45-46(43)42-24-12-13-26-44(42)54-45)33-27-29-39(30-28-33)53(37-19-6-2-7-20-37)38-21-8-3-9-22-38/h1-32H. The number of aromatic nitrogens is 3. The van der Waals surface area contributed by atoms with Crippen LogP contribution in [0, 0.1) is 0 Å². The summed E-state index contributed by atoms with van der Waals surface area (Å²) in [5.74, 6) is 1.82. The van der Waals surface area contributed by atoms with E-state index in [1.54, 1.807) is 0 Å². The predicted molar refractivity (Wildman–Crippen MR) is 221 cm³/mol. The summed E-state index contributed by atoms with van der Waals surface area (Å²) in [6.45, 7) is 0. The monoisotopic (exact) mass is 692 g/mol. The van der Waals surface area contributed by atoms with Crippen LogP contribution in [0.1, 0.15) is 0 Å². The first-order valence-electron chi connectivity index (χ1n) is 18.0. The molecule has 0 amide bonds. The van der Waals surface area contributed by atoms with Gasteiger partial charge >= 0.3 is 0 Å². The van der Waals surface area contributed by atoms with Crippen LogP contribution in [-0.4, -0.2) is 15.0 Å². The molecule has 0 saturated carbocycles. The Hall–Kier alpha value is -7.37. The van der Waals surface area contributed by atoms with Gasteiger partial charge in [-0.2, -0.15) is 0 Å². The fourth-order valence-electron chi connectivity index (χ4n) is 7.36. The highest BCUT2D eigenvalue weighted by molar-refractivity contribution is 6.13. The number of para-hydroxylation sites is 3. The van der Waals surface area contributed by atoms with E-state index in [1.807, 2.05) is 60.7 Å². The van der Waals surface area contributed by atoms with Gasteiger partial charge in [-0.25, -0.2) is 15.0 Å². The molecular weight excluding hydrogens is 661 g/mol. The first kappa shape index (κ1) is 31.4. The lowest BCUT2D eigenvalue weighted by atomic mass is 9.97. The molecule has 2 heterocycles. The number of anilines is 3. The third-order valence-corrected chi connectivity index (χ3v) is 9.90. The molecule has 5 heteroatoms. The molecule has 0 spiro atoms. The van der Waals surface area contributed by atoms with Crippen LogP contribution in [0.5, 0.6) is 0 Å². The predicted octanol–water partition coefficient (Wildman–Crippen LogP) is 13.1. The van der Waals surface area contributed by atoms with E-state index in [0.29, 0.717) is 17.5 Å². The lowest BCUT2D eigenvalue weighted by Gasteiger charge is -2.25. The molecule has 0 fully saturated rings. The zero-order valence-electron chi connectivity index (χ0n) is 29.2. The normalized spacial score (nSPS) is 11.3. The summed E-state index contributed by atoms with van der Waals surface area (Å²) in [4.78, 5) is 17.8. The van der Waals surface area contributed by atoms with Gasteiger partial charge in [0.25, 0.3) is 0 Å². The van der Waals surface area contributed by atoms with Crippen LogP contribution >= 0.6 is 0 Å². The lowest BCUT2D eigenvalue weighted by molar-refractivity contribution is 0.669. The lowest BCUT2D eigenvalue weighted by Crippen LogP contribution is -2.09. The molecule has 0 saturated heterocycles. The van der Waals surface area contributed by atoms with Crippen molar-refractivity contribution in [1.29, 1.82) is 0 Å². The largest absolute Gasteiger partial charge is 0.456 e. The van der Waals surface area contributed by atoms with Crippen molar-refractivity contribution in [3.63, 3.8) is 0 Å². The Morgan fingerprint density at radius 1 is 0.352 bits per heavy atom. The van der Waals surface area contributed by atoms with Crippen molar-refractivity contribution < 1.29 is 4.42 Å². The molecule has 0 aliphatic rings. The van der Waals surface area contributed by atoms with E-state index in [9.17, 15) is 0 Å². The van der Waals surface area contributed by atoms with E-state index in [2.05, 4.69) is 138 Å². The van der Waals surface area contributed by atoms with E-state index in [0.717, 1.165) is 77.6 Å². The van der Waals surface area contributed by atoms with Crippen molar-refractivity contribution in [1.82, 2.24) is 15.0 Å². The quantitative estimate of drug-likeness (QED) is 0.166. The average molecular weight is 693 g/mol. The van der Waals surface area contributed by atoms with E-state index >= 15 is 0 Å². The Morgan fingerprint density at radius 2 is 0.907 bits per heavy atom. The van der Waals surface area contributed by atoms with Crippen molar-refractivity contribution in [3.05, 3.63) is 194 Å². The van der Waals surface area contributed by atoms with Gasteiger partial charge in [0.05, 0.1) is 0 Å². The maximum Gasteiger partial charge on any atom is 0.164 e. The number of hydrogen-bond acceptors (Lipinski definition) is 5. The fourth-order valence-corrected chi connectivity index (χ4v) is 7.36. The number of hydrogen-bond donors (Lipinski definition) is 0. The van der Waals surface area contributed by atoms with Gasteiger partial charge in [-0.05, 0) is 76.5 Å². The number of fused-ring (bicyclic) bond motifs is 4. The van der Waals surface area contributed by atoms with E-state index in [-0.39, 0.29) is 0 Å². The zero-order valence-corrected chi connectivity index (χ0v) is 29.2. The molecule has 10 aromatic rings. The molecule has 0 aliphatic heterocycles. The first-order valence-corrected chi connectivity index (χ1v) is 18.0. The average Bonchev–Trinajstić information content (AvgIpc) is 3.63. The Balaban J connectivity index is 1.17. The maximum atomic E-state index is 6.56. The number of nitrogens with zero attached hydrogens (tertiary/aromatic N) is 4. The van der Waals surface area contributed by atoms with E-state index < -0.39 is 0 Å². The highest BCUT2D eigenvalue weighted by Crippen LogP contribution is 2.41. The van der Waals surface area contributed by atoms with Crippen molar-refractivity contribution in [2.75, 3.05) is 4.90 Å². The second-order valence-electron chi connectivity index (χ2n) is 13.2. The second kappa shape index (κ2) is 13.3. The molecule has 0 unspecified atom stereocenters. The van der Waals surface area contributed by atoms with Crippen LogP contribution in [0.3, 0.4) is 0 Å². The van der Waals surface area contributed by atoms with Crippen molar-refractivity contribution in [2.24, 2.45) is 0 Å². The summed E-state index contributed by atoms with van der Waals surface area (Å²) >= 11 is 0. The fraction of sp³-hybridized carbons (Fsp3) is 0. The van der Waals surface area contributed by atoms with Crippen LogP contribution in [0.2, 0.25) is 0 Å². The summed E-state index contributed by atoms with van der Waals surface area (Å²) in [6, 6.07) is 66.8. The summed E-state index contributed by atoms with van der Waals surface area (Å²) < 4.78 is 6.56. The minimum Gasteiger partial charge on any atom is -0.456 e. The molecule has 0 radical (unpaired) electrons. The zero-order chi connectivity index (χ0) is 35.8. The van der Waals surface area contributed by atoms with Gasteiger partial charge < -0.3 is 9.32 Å². The Labute approximate surface area is 312 Å². The summed E-state index contributed by atoms with van der Waals surface area (Å²) in [6.07, 6.45) is 0. The van der Waals surface area contributed by atoms with Gasteiger partial charge in [0.2, 0.25) is 0 Å². The Morgan fingerprint density at radius 3 is 1.63 bits per heavy atom. The van der Waals surface area contributed by atoms with Crippen LogP contribution in [0.4, 0.5) is 17.1 Å². The molecule has 0 atom stereocenters. The smallest absolute Gasteiger partial charge is 0.164 e. The summed E-state index contributed by atoms with van der Waals surface area (Å²) in [5, 5.41) is 4.20. The third-order valence-electron chi connectivity index (χ3n) is 9.90. The highest BCUT2D eigenvalue weighted by atomic mass is 16.3. The number of rotatable bonds is 7. The third kappa shape index (κ3) is 5.65. The van der Waals surface area contributed by atoms with Crippen molar-refractivity contribution in [3.8, 4) is 45.3 Å². The topological polar surface area (TPSA) is 55.1 Å². The molecule has 2 aromatic heterocycles. The van der Waals surface area contributed by atoms with Gasteiger partial charge in [-0.15, -0.1) is 0 Å². The van der Waals surface area contributed by atoms with E-state index in [4.69, 9.17) is 19.4 Å². The number of furan rings is 1. The van der Waals surface area contributed by atoms with Crippen LogP contribution in [0.25, 0.3) is 78.0 Å². The van der Waals surface area contributed by atoms with E-state index in [1.165, 1.54) is 0 Å². The van der Waals surface area contributed by atoms with Crippen LogP contribution < -0.4 is 4.90 Å². The Kier molecular flexibility index (Phi) is 7.73. The highest BCUT2D eigenvalue weighted by Gasteiger charge is 2.21. The van der Waals surface area contributed by atoms with Gasteiger partial charge in [0, 0.05) is 44.5 Å². The summed E-state index contributed by atoms with van der Waals surface area (Å²) in [5.41, 5.74) is 9.64. The molecule has 0 bridgehead atoms. The molecule has 8 aromatic carbocycles. The molecule has 254 valence electrons. The van der Waals surface area contributed by atoms with Crippen LogP contribution in [0.15, 0.2) is 199 Å². The SMILES string of the molecule is c1ccc(-c2nc(-c3cccc4ccccc34)nc(-c3cc(-c4ccc(N(c5ccccc5)c5ccccc5)cc4)cc4oc5ccccc5c34)n2)cc1.